The SMILES string of the molecule is COc1cc2c(NCCCc3cccnc3)ncnc2c(OC)c1OC. The van der Waals surface area contributed by atoms with E-state index >= 15 is 0 Å². The second kappa shape index (κ2) is 8.33. The summed E-state index contributed by atoms with van der Waals surface area (Å²) < 4.78 is 16.3. The third-order valence-corrected chi connectivity index (χ3v) is 4.09. The van der Waals surface area contributed by atoms with Gasteiger partial charge in [0.05, 0.1) is 26.7 Å². The Morgan fingerprint density at radius 3 is 2.58 bits per heavy atom. The second-order valence-corrected chi connectivity index (χ2v) is 5.66. The Bertz CT molecular complexity index is 872. The summed E-state index contributed by atoms with van der Waals surface area (Å²) in [6.07, 6.45) is 7.10. The summed E-state index contributed by atoms with van der Waals surface area (Å²) in [7, 11) is 4.75. The lowest BCUT2D eigenvalue weighted by atomic mass is 10.1. The van der Waals surface area contributed by atoms with E-state index in [0.29, 0.717) is 22.8 Å². The Hall–Kier alpha value is -3.09. The fourth-order valence-electron chi connectivity index (χ4n) is 2.85. The molecule has 7 nitrogen and oxygen atoms in total. The second-order valence-electron chi connectivity index (χ2n) is 5.66. The van der Waals surface area contributed by atoms with Crippen LogP contribution in [0.15, 0.2) is 36.9 Å². The maximum absolute atomic E-state index is 5.50. The van der Waals surface area contributed by atoms with Crippen molar-refractivity contribution in [3.63, 3.8) is 0 Å². The number of anilines is 1. The zero-order valence-corrected chi connectivity index (χ0v) is 15.2. The maximum atomic E-state index is 5.50. The number of hydrogen-bond donors (Lipinski definition) is 1. The molecule has 136 valence electrons. The molecule has 26 heavy (non-hydrogen) atoms. The molecule has 0 bridgehead atoms. The average Bonchev–Trinajstić information content (AvgIpc) is 2.70. The van der Waals surface area contributed by atoms with E-state index in [-0.39, 0.29) is 0 Å². The molecule has 3 aromatic rings. The summed E-state index contributed by atoms with van der Waals surface area (Å²) >= 11 is 0. The van der Waals surface area contributed by atoms with Gasteiger partial charge in [0.1, 0.15) is 17.7 Å². The van der Waals surface area contributed by atoms with Gasteiger partial charge in [-0.15, -0.1) is 0 Å². The molecule has 0 saturated carbocycles. The minimum absolute atomic E-state index is 0.517. The summed E-state index contributed by atoms with van der Waals surface area (Å²) in [6, 6.07) is 5.89. The van der Waals surface area contributed by atoms with Crippen LogP contribution in [-0.4, -0.2) is 42.8 Å². The van der Waals surface area contributed by atoms with E-state index in [2.05, 4.69) is 26.3 Å². The van der Waals surface area contributed by atoms with E-state index in [1.54, 1.807) is 27.5 Å². The maximum Gasteiger partial charge on any atom is 0.205 e. The molecule has 1 N–H and O–H groups in total. The highest BCUT2D eigenvalue weighted by atomic mass is 16.5. The first-order valence-electron chi connectivity index (χ1n) is 8.35. The first-order chi connectivity index (χ1) is 12.8. The standard InChI is InChI=1S/C19H22N4O3/c1-24-15-10-14-16(18(26-3)17(15)25-2)22-12-23-19(14)21-9-5-7-13-6-4-8-20-11-13/h4,6,8,10-12H,5,7,9H2,1-3H3,(H,21,22,23). The molecule has 0 atom stereocenters. The van der Waals surface area contributed by atoms with Crippen LogP contribution in [0.1, 0.15) is 12.0 Å². The molecule has 3 rings (SSSR count). The first-order valence-corrected chi connectivity index (χ1v) is 8.35. The van der Waals surface area contributed by atoms with Crippen molar-refractivity contribution in [3.05, 3.63) is 42.5 Å². The van der Waals surface area contributed by atoms with E-state index in [9.17, 15) is 0 Å². The van der Waals surface area contributed by atoms with Crippen molar-refractivity contribution in [2.75, 3.05) is 33.2 Å². The van der Waals surface area contributed by atoms with Crippen LogP contribution in [0.4, 0.5) is 5.82 Å². The van der Waals surface area contributed by atoms with Gasteiger partial charge in [-0.1, -0.05) is 6.07 Å². The van der Waals surface area contributed by atoms with Crippen molar-refractivity contribution in [2.45, 2.75) is 12.8 Å². The molecule has 0 aliphatic heterocycles. The lowest BCUT2D eigenvalue weighted by Crippen LogP contribution is -2.06. The molecule has 0 saturated heterocycles. The largest absolute Gasteiger partial charge is 0.493 e. The third kappa shape index (κ3) is 3.61. The monoisotopic (exact) mass is 354 g/mol. The number of rotatable bonds is 8. The molecular formula is C19H22N4O3. The van der Waals surface area contributed by atoms with Crippen LogP contribution in [0, 0.1) is 0 Å². The fourth-order valence-corrected chi connectivity index (χ4v) is 2.85. The Balaban J connectivity index is 1.82. The van der Waals surface area contributed by atoms with Crippen LogP contribution in [0.3, 0.4) is 0 Å². The van der Waals surface area contributed by atoms with Gasteiger partial charge in [-0.25, -0.2) is 9.97 Å². The number of aryl methyl sites for hydroxylation is 1. The van der Waals surface area contributed by atoms with Crippen LogP contribution in [0.25, 0.3) is 10.9 Å². The Labute approximate surface area is 152 Å². The van der Waals surface area contributed by atoms with E-state index in [4.69, 9.17) is 14.2 Å². The quantitative estimate of drug-likeness (QED) is 0.623. The van der Waals surface area contributed by atoms with Gasteiger partial charge in [-0.05, 0) is 30.5 Å². The molecule has 0 unspecified atom stereocenters. The molecule has 2 heterocycles. The van der Waals surface area contributed by atoms with Gasteiger partial charge in [-0.3, -0.25) is 4.98 Å². The summed E-state index contributed by atoms with van der Waals surface area (Å²) in [4.78, 5) is 12.9. The molecular weight excluding hydrogens is 332 g/mol. The summed E-state index contributed by atoms with van der Waals surface area (Å²) in [6.45, 7) is 0.775. The summed E-state index contributed by atoms with van der Waals surface area (Å²) in [5.41, 5.74) is 1.89. The molecule has 0 aliphatic carbocycles. The number of methoxy groups -OCH3 is 3. The van der Waals surface area contributed by atoms with E-state index in [0.717, 1.165) is 30.6 Å². The normalized spacial score (nSPS) is 10.6. The molecule has 0 fully saturated rings. The summed E-state index contributed by atoms with van der Waals surface area (Å²) in [5.74, 6) is 2.36. The predicted octanol–water partition coefficient (Wildman–Crippen LogP) is 3.10. The van der Waals surface area contributed by atoms with Crippen LogP contribution in [0.5, 0.6) is 17.2 Å². The lowest BCUT2D eigenvalue weighted by molar-refractivity contribution is 0.327. The Kier molecular flexibility index (Phi) is 5.68. The van der Waals surface area contributed by atoms with Gasteiger partial charge in [0.15, 0.2) is 11.5 Å². The highest BCUT2D eigenvalue weighted by Crippen LogP contribution is 2.43. The minimum Gasteiger partial charge on any atom is -0.493 e. The molecule has 0 radical (unpaired) electrons. The van der Waals surface area contributed by atoms with Crippen molar-refractivity contribution in [2.24, 2.45) is 0 Å². The van der Waals surface area contributed by atoms with Gasteiger partial charge < -0.3 is 19.5 Å². The molecule has 0 aliphatic rings. The van der Waals surface area contributed by atoms with Gasteiger partial charge in [-0.2, -0.15) is 0 Å². The smallest absolute Gasteiger partial charge is 0.205 e. The number of aromatic nitrogens is 3. The van der Waals surface area contributed by atoms with E-state index in [1.807, 2.05) is 18.3 Å². The van der Waals surface area contributed by atoms with Gasteiger partial charge >= 0.3 is 0 Å². The highest BCUT2D eigenvalue weighted by Gasteiger charge is 2.19. The Morgan fingerprint density at radius 2 is 1.88 bits per heavy atom. The zero-order chi connectivity index (χ0) is 18.4. The minimum atomic E-state index is 0.517. The van der Waals surface area contributed by atoms with Crippen molar-refractivity contribution >= 4 is 16.7 Å². The lowest BCUT2D eigenvalue weighted by Gasteiger charge is -2.15. The average molecular weight is 354 g/mol. The van der Waals surface area contributed by atoms with Crippen LogP contribution in [0.2, 0.25) is 0 Å². The number of pyridine rings is 1. The first kappa shape index (κ1) is 17.7. The number of nitrogens with zero attached hydrogens (tertiary/aromatic N) is 3. The highest BCUT2D eigenvalue weighted by molar-refractivity contribution is 5.96. The number of fused-ring (bicyclic) bond motifs is 1. The Morgan fingerprint density at radius 1 is 1.04 bits per heavy atom. The fraction of sp³-hybridized carbons (Fsp3) is 0.316. The number of benzene rings is 1. The number of nitrogens with one attached hydrogen (secondary N) is 1. The number of hydrogen-bond acceptors (Lipinski definition) is 7. The third-order valence-electron chi connectivity index (χ3n) is 4.09. The molecule has 0 spiro atoms. The van der Waals surface area contributed by atoms with E-state index in [1.165, 1.54) is 11.9 Å². The van der Waals surface area contributed by atoms with Crippen LogP contribution in [-0.2, 0) is 6.42 Å². The summed E-state index contributed by atoms with van der Waals surface area (Å²) in [5, 5.41) is 4.20. The van der Waals surface area contributed by atoms with E-state index < -0.39 is 0 Å². The predicted molar refractivity (Wildman–Crippen MR) is 100 cm³/mol. The van der Waals surface area contributed by atoms with Crippen LogP contribution >= 0.6 is 0 Å². The van der Waals surface area contributed by atoms with Crippen molar-refractivity contribution in [1.82, 2.24) is 15.0 Å². The molecule has 0 amide bonds. The van der Waals surface area contributed by atoms with Gasteiger partial charge in [0, 0.05) is 18.9 Å². The zero-order valence-electron chi connectivity index (χ0n) is 15.2. The topological polar surface area (TPSA) is 78.4 Å². The molecule has 7 heteroatoms. The van der Waals surface area contributed by atoms with Crippen molar-refractivity contribution in [1.29, 1.82) is 0 Å². The molecule has 2 aromatic heterocycles. The van der Waals surface area contributed by atoms with Crippen molar-refractivity contribution < 1.29 is 14.2 Å². The number of ether oxygens (including phenoxy) is 3. The van der Waals surface area contributed by atoms with Crippen molar-refractivity contribution in [3.8, 4) is 17.2 Å². The van der Waals surface area contributed by atoms with Crippen LogP contribution < -0.4 is 19.5 Å². The van der Waals surface area contributed by atoms with Gasteiger partial charge in [0.2, 0.25) is 5.75 Å². The van der Waals surface area contributed by atoms with Gasteiger partial charge in [0.25, 0.3) is 0 Å². The molecule has 1 aromatic carbocycles.